The lowest BCUT2D eigenvalue weighted by Crippen LogP contribution is -2.36. The van der Waals surface area contributed by atoms with Crippen LogP contribution >= 0.6 is 12.4 Å². The van der Waals surface area contributed by atoms with Crippen molar-refractivity contribution in [2.75, 3.05) is 13.1 Å². The second-order valence-electron chi connectivity index (χ2n) is 4.18. The quantitative estimate of drug-likeness (QED) is 0.893. The fourth-order valence-corrected chi connectivity index (χ4v) is 1.92. The highest BCUT2D eigenvalue weighted by Crippen LogP contribution is 2.22. The Hall–Kier alpha value is -1.47. The van der Waals surface area contributed by atoms with Crippen LogP contribution < -0.4 is 15.4 Å². The first-order chi connectivity index (χ1) is 9.06. The maximum Gasteiger partial charge on any atom is 0.387 e. The van der Waals surface area contributed by atoms with E-state index in [1.807, 2.05) is 0 Å². The van der Waals surface area contributed by atoms with Crippen molar-refractivity contribution in [3.63, 3.8) is 0 Å². The SMILES string of the molecule is Cl.O=C(NC1CCNC1)c1ccc(F)cc1OC(F)F. The number of rotatable bonds is 4. The largest absolute Gasteiger partial charge is 0.434 e. The van der Waals surface area contributed by atoms with Crippen LogP contribution in [-0.2, 0) is 0 Å². The summed E-state index contributed by atoms with van der Waals surface area (Å²) < 4.78 is 41.6. The van der Waals surface area contributed by atoms with Crippen LogP contribution in [0.1, 0.15) is 16.8 Å². The molecule has 0 spiro atoms. The summed E-state index contributed by atoms with van der Waals surface area (Å²) >= 11 is 0. The Balaban J connectivity index is 0.00000200. The minimum Gasteiger partial charge on any atom is -0.434 e. The van der Waals surface area contributed by atoms with Gasteiger partial charge in [-0.15, -0.1) is 12.4 Å². The molecule has 8 heteroatoms. The Morgan fingerprint density at radius 1 is 1.45 bits per heavy atom. The van der Waals surface area contributed by atoms with Crippen LogP contribution in [-0.4, -0.2) is 31.7 Å². The van der Waals surface area contributed by atoms with Gasteiger partial charge in [0.2, 0.25) is 0 Å². The number of carbonyl (C=O) groups excluding carboxylic acids is 1. The summed E-state index contributed by atoms with van der Waals surface area (Å²) in [6.45, 7) is -1.70. The van der Waals surface area contributed by atoms with Crippen molar-refractivity contribution in [2.45, 2.75) is 19.1 Å². The molecule has 1 heterocycles. The molecule has 1 aromatic carbocycles. The van der Waals surface area contributed by atoms with Crippen molar-refractivity contribution >= 4 is 18.3 Å². The smallest absolute Gasteiger partial charge is 0.387 e. The van der Waals surface area contributed by atoms with Gasteiger partial charge < -0.3 is 15.4 Å². The first-order valence-electron chi connectivity index (χ1n) is 5.82. The zero-order chi connectivity index (χ0) is 13.8. The molecule has 0 aliphatic carbocycles. The normalized spacial score (nSPS) is 17.7. The van der Waals surface area contributed by atoms with Crippen LogP contribution in [0.5, 0.6) is 5.75 Å². The highest BCUT2D eigenvalue weighted by atomic mass is 35.5. The van der Waals surface area contributed by atoms with Gasteiger partial charge in [0, 0.05) is 18.7 Å². The molecule has 1 aromatic rings. The predicted molar refractivity (Wildman–Crippen MR) is 69.0 cm³/mol. The average Bonchev–Trinajstić information content (AvgIpc) is 2.80. The van der Waals surface area contributed by atoms with Gasteiger partial charge in [0.1, 0.15) is 11.6 Å². The van der Waals surface area contributed by atoms with Gasteiger partial charge in [-0.3, -0.25) is 4.79 Å². The van der Waals surface area contributed by atoms with Crippen molar-refractivity contribution in [1.29, 1.82) is 0 Å². The average molecular weight is 311 g/mol. The Morgan fingerprint density at radius 3 is 2.80 bits per heavy atom. The van der Waals surface area contributed by atoms with Crippen LogP contribution in [0.3, 0.4) is 0 Å². The lowest BCUT2D eigenvalue weighted by Gasteiger charge is -2.14. The number of hydrogen-bond donors (Lipinski definition) is 2. The summed E-state index contributed by atoms with van der Waals surface area (Å²) in [4.78, 5) is 11.9. The van der Waals surface area contributed by atoms with E-state index >= 15 is 0 Å². The monoisotopic (exact) mass is 310 g/mol. The summed E-state index contributed by atoms with van der Waals surface area (Å²) in [7, 11) is 0. The number of halogens is 4. The van der Waals surface area contributed by atoms with E-state index in [1.165, 1.54) is 0 Å². The topological polar surface area (TPSA) is 50.4 Å². The molecule has 0 saturated carbocycles. The number of hydrogen-bond acceptors (Lipinski definition) is 3. The lowest BCUT2D eigenvalue weighted by molar-refractivity contribution is -0.0503. The Morgan fingerprint density at radius 2 is 2.20 bits per heavy atom. The van der Waals surface area contributed by atoms with E-state index in [0.29, 0.717) is 6.54 Å². The van der Waals surface area contributed by atoms with Crippen LogP contribution in [0.15, 0.2) is 18.2 Å². The third kappa shape index (κ3) is 4.28. The molecule has 1 amide bonds. The van der Waals surface area contributed by atoms with E-state index in [9.17, 15) is 18.0 Å². The molecule has 1 atom stereocenters. The van der Waals surface area contributed by atoms with E-state index in [0.717, 1.165) is 31.2 Å². The van der Waals surface area contributed by atoms with E-state index in [1.54, 1.807) is 0 Å². The molecule has 1 aliphatic heterocycles. The first-order valence-corrected chi connectivity index (χ1v) is 5.82. The first kappa shape index (κ1) is 16.6. The third-order valence-corrected chi connectivity index (χ3v) is 2.80. The zero-order valence-corrected chi connectivity index (χ0v) is 11.2. The second-order valence-corrected chi connectivity index (χ2v) is 4.18. The number of carbonyl (C=O) groups is 1. The van der Waals surface area contributed by atoms with Gasteiger partial charge in [-0.25, -0.2) is 4.39 Å². The van der Waals surface area contributed by atoms with E-state index in [-0.39, 0.29) is 24.0 Å². The number of amides is 1. The summed E-state index contributed by atoms with van der Waals surface area (Å²) in [5.41, 5.74) is -0.103. The van der Waals surface area contributed by atoms with Crippen LogP contribution in [0.25, 0.3) is 0 Å². The Bertz CT molecular complexity index is 468. The summed E-state index contributed by atoms with van der Waals surface area (Å²) in [6.07, 6.45) is 0.762. The maximum atomic E-state index is 13.0. The van der Waals surface area contributed by atoms with Gasteiger partial charge in [-0.05, 0) is 25.1 Å². The molecule has 1 unspecified atom stereocenters. The maximum absolute atomic E-state index is 13.0. The van der Waals surface area contributed by atoms with Crippen molar-refractivity contribution in [2.24, 2.45) is 0 Å². The van der Waals surface area contributed by atoms with Crippen LogP contribution in [0.4, 0.5) is 13.2 Å². The molecular weight excluding hydrogens is 297 g/mol. The molecule has 2 N–H and O–H groups in total. The molecule has 1 aliphatic rings. The van der Waals surface area contributed by atoms with Crippen molar-refractivity contribution in [3.05, 3.63) is 29.6 Å². The van der Waals surface area contributed by atoms with E-state index in [2.05, 4.69) is 15.4 Å². The minimum atomic E-state index is -3.11. The van der Waals surface area contributed by atoms with Gasteiger partial charge in [-0.2, -0.15) is 8.78 Å². The van der Waals surface area contributed by atoms with Crippen LogP contribution in [0, 0.1) is 5.82 Å². The Kier molecular flexibility index (Phi) is 6.09. The van der Waals surface area contributed by atoms with Crippen molar-refractivity contribution in [1.82, 2.24) is 10.6 Å². The fourth-order valence-electron chi connectivity index (χ4n) is 1.92. The van der Waals surface area contributed by atoms with E-state index in [4.69, 9.17) is 0 Å². The Labute approximate surface area is 120 Å². The van der Waals surface area contributed by atoms with Gasteiger partial charge >= 0.3 is 6.61 Å². The molecule has 1 fully saturated rings. The van der Waals surface area contributed by atoms with Crippen molar-refractivity contribution < 1.29 is 22.7 Å². The summed E-state index contributed by atoms with van der Waals surface area (Å²) in [5, 5.41) is 5.74. The highest BCUT2D eigenvalue weighted by molar-refractivity contribution is 5.97. The predicted octanol–water partition coefficient (Wildman–Crippen LogP) is 1.94. The number of ether oxygens (including phenoxy) is 1. The molecule has 0 radical (unpaired) electrons. The van der Waals surface area contributed by atoms with Gasteiger partial charge in [0.15, 0.2) is 0 Å². The second kappa shape index (κ2) is 7.35. The minimum absolute atomic E-state index is 0. The van der Waals surface area contributed by atoms with E-state index < -0.39 is 24.1 Å². The molecule has 20 heavy (non-hydrogen) atoms. The van der Waals surface area contributed by atoms with Gasteiger partial charge in [0.25, 0.3) is 5.91 Å². The number of benzene rings is 1. The highest BCUT2D eigenvalue weighted by Gasteiger charge is 2.21. The van der Waals surface area contributed by atoms with Gasteiger partial charge in [-0.1, -0.05) is 0 Å². The molecule has 0 bridgehead atoms. The molecule has 112 valence electrons. The summed E-state index contributed by atoms with van der Waals surface area (Å²) in [5.74, 6) is -1.75. The zero-order valence-electron chi connectivity index (χ0n) is 10.4. The number of alkyl halides is 2. The fraction of sp³-hybridized carbons (Fsp3) is 0.417. The molecule has 1 saturated heterocycles. The van der Waals surface area contributed by atoms with Crippen molar-refractivity contribution in [3.8, 4) is 5.75 Å². The standard InChI is InChI=1S/C12H13F3N2O2.ClH/c13-7-1-2-9(10(5-7)19-12(14)15)11(18)17-8-3-4-16-6-8;/h1-2,5,8,12,16H,3-4,6H2,(H,17,18);1H. The molecule has 2 rings (SSSR count). The van der Waals surface area contributed by atoms with Gasteiger partial charge in [0.05, 0.1) is 5.56 Å². The van der Waals surface area contributed by atoms with Crippen LogP contribution in [0.2, 0.25) is 0 Å². The third-order valence-electron chi connectivity index (χ3n) is 2.80. The molecular formula is C12H14ClF3N2O2. The molecule has 4 nitrogen and oxygen atoms in total. The molecule has 0 aromatic heterocycles. The summed E-state index contributed by atoms with van der Waals surface area (Å²) in [6, 6.07) is 2.87. The number of nitrogens with one attached hydrogen (secondary N) is 2. The lowest BCUT2D eigenvalue weighted by atomic mass is 10.1.